The number of anilines is 2. The van der Waals surface area contributed by atoms with Crippen molar-refractivity contribution in [3.63, 3.8) is 0 Å². The van der Waals surface area contributed by atoms with E-state index in [0.29, 0.717) is 5.82 Å². The molecule has 25 heavy (non-hydrogen) atoms. The van der Waals surface area contributed by atoms with E-state index in [2.05, 4.69) is 27.0 Å². The number of piperazine rings is 1. The van der Waals surface area contributed by atoms with E-state index < -0.39 is 0 Å². The van der Waals surface area contributed by atoms with Crippen LogP contribution in [0.4, 0.5) is 15.9 Å². The van der Waals surface area contributed by atoms with E-state index in [4.69, 9.17) is 0 Å². The zero-order chi connectivity index (χ0) is 17.6. The van der Waals surface area contributed by atoms with Gasteiger partial charge < -0.3 is 15.1 Å². The largest absolute Gasteiger partial charge is 0.368 e. The zero-order valence-corrected chi connectivity index (χ0v) is 14.4. The summed E-state index contributed by atoms with van der Waals surface area (Å²) in [4.78, 5) is 21.1. The molecule has 1 amide bonds. The van der Waals surface area contributed by atoms with Gasteiger partial charge in [-0.3, -0.25) is 4.79 Å². The molecule has 6 heteroatoms. The quantitative estimate of drug-likeness (QED) is 0.907. The number of rotatable bonds is 5. The smallest absolute Gasteiger partial charge is 0.229 e. The highest BCUT2D eigenvalue weighted by Gasteiger charge is 2.16. The van der Waals surface area contributed by atoms with Crippen molar-refractivity contribution in [1.82, 2.24) is 9.88 Å². The maximum atomic E-state index is 12.9. The average molecular weight is 342 g/mol. The normalized spacial score (nSPS) is 15.2. The Hall–Kier alpha value is -2.47. The molecule has 0 bridgehead atoms. The first-order valence-corrected chi connectivity index (χ1v) is 8.61. The highest BCUT2D eigenvalue weighted by molar-refractivity contribution is 5.91. The van der Waals surface area contributed by atoms with Gasteiger partial charge in [-0.15, -0.1) is 0 Å². The molecule has 1 aliphatic heterocycles. The maximum Gasteiger partial charge on any atom is 0.229 e. The SMILES string of the molecule is CCN1CCN(c2ccc(NC(=O)Cc3ccc(F)cc3)nc2)CC1. The van der Waals surface area contributed by atoms with Gasteiger partial charge >= 0.3 is 0 Å². The molecule has 0 atom stereocenters. The zero-order valence-electron chi connectivity index (χ0n) is 14.4. The number of carbonyl (C=O) groups excluding carboxylic acids is 1. The molecule has 1 aromatic heterocycles. The molecule has 1 N–H and O–H groups in total. The van der Waals surface area contributed by atoms with Gasteiger partial charge in [0.25, 0.3) is 0 Å². The summed E-state index contributed by atoms with van der Waals surface area (Å²) in [5.74, 6) is 0.0626. The standard InChI is InChI=1S/C19H23FN4O/c1-2-23-9-11-24(12-10-23)17-7-8-18(21-14-17)22-19(25)13-15-3-5-16(20)6-4-15/h3-8,14H,2,9-13H2,1H3,(H,21,22,25). The van der Waals surface area contributed by atoms with E-state index in [0.717, 1.165) is 44.0 Å². The van der Waals surface area contributed by atoms with Crippen LogP contribution in [0.1, 0.15) is 12.5 Å². The summed E-state index contributed by atoms with van der Waals surface area (Å²) in [5.41, 5.74) is 1.84. The molecule has 132 valence electrons. The van der Waals surface area contributed by atoms with E-state index in [-0.39, 0.29) is 18.1 Å². The number of hydrogen-bond acceptors (Lipinski definition) is 4. The second kappa shape index (κ2) is 8.07. The molecule has 1 fully saturated rings. The summed E-state index contributed by atoms with van der Waals surface area (Å²) in [6.45, 7) is 7.38. The number of nitrogens with zero attached hydrogens (tertiary/aromatic N) is 3. The third-order valence-corrected chi connectivity index (χ3v) is 4.48. The second-order valence-electron chi connectivity index (χ2n) is 6.17. The Morgan fingerprint density at radius 3 is 2.44 bits per heavy atom. The summed E-state index contributed by atoms with van der Waals surface area (Å²) in [6.07, 6.45) is 2.00. The highest BCUT2D eigenvalue weighted by Crippen LogP contribution is 2.17. The van der Waals surface area contributed by atoms with Crippen molar-refractivity contribution in [2.45, 2.75) is 13.3 Å². The van der Waals surface area contributed by atoms with Crippen LogP contribution in [0.15, 0.2) is 42.6 Å². The predicted octanol–water partition coefficient (Wildman–Crippen LogP) is 2.54. The topological polar surface area (TPSA) is 48.5 Å². The first-order valence-electron chi connectivity index (χ1n) is 8.61. The van der Waals surface area contributed by atoms with Crippen LogP contribution in [0.3, 0.4) is 0 Å². The Bertz CT molecular complexity index is 694. The van der Waals surface area contributed by atoms with Crippen LogP contribution in [-0.4, -0.2) is 48.5 Å². The summed E-state index contributed by atoms with van der Waals surface area (Å²) >= 11 is 0. The Kier molecular flexibility index (Phi) is 5.60. The number of likely N-dealkylation sites (N-methyl/N-ethyl adjacent to an activating group) is 1. The van der Waals surface area contributed by atoms with Crippen LogP contribution in [0.2, 0.25) is 0 Å². The van der Waals surface area contributed by atoms with Gasteiger partial charge in [0, 0.05) is 26.2 Å². The first kappa shape index (κ1) is 17.4. The van der Waals surface area contributed by atoms with Crippen molar-refractivity contribution in [1.29, 1.82) is 0 Å². The lowest BCUT2D eigenvalue weighted by molar-refractivity contribution is -0.115. The molecule has 0 radical (unpaired) electrons. The first-order chi connectivity index (χ1) is 12.1. The molecule has 2 aromatic rings. The third kappa shape index (κ3) is 4.76. The number of amides is 1. The highest BCUT2D eigenvalue weighted by atomic mass is 19.1. The van der Waals surface area contributed by atoms with Gasteiger partial charge in [-0.1, -0.05) is 19.1 Å². The molecule has 3 rings (SSSR count). The number of halogens is 1. The molecule has 1 aromatic carbocycles. The number of hydrogen-bond donors (Lipinski definition) is 1. The van der Waals surface area contributed by atoms with Crippen molar-refractivity contribution in [3.8, 4) is 0 Å². The van der Waals surface area contributed by atoms with Crippen LogP contribution in [0.5, 0.6) is 0 Å². The van der Waals surface area contributed by atoms with E-state index in [9.17, 15) is 9.18 Å². The van der Waals surface area contributed by atoms with Gasteiger partial charge in [0.2, 0.25) is 5.91 Å². The number of aromatic nitrogens is 1. The fourth-order valence-electron chi connectivity index (χ4n) is 2.94. The molecular weight excluding hydrogens is 319 g/mol. The lowest BCUT2D eigenvalue weighted by Gasteiger charge is -2.35. The summed E-state index contributed by atoms with van der Waals surface area (Å²) in [7, 11) is 0. The minimum absolute atomic E-state index is 0.164. The molecule has 2 heterocycles. The van der Waals surface area contributed by atoms with Crippen molar-refractivity contribution in [2.24, 2.45) is 0 Å². The van der Waals surface area contributed by atoms with Gasteiger partial charge in [-0.25, -0.2) is 9.37 Å². The Morgan fingerprint density at radius 1 is 1.12 bits per heavy atom. The molecule has 0 aliphatic carbocycles. The summed E-state index contributed by atoms with van der Waals surface area (Å²) in [5, 5.41) is 2.78. The number of carbonyl (C=O) groups is 1. The van der Waals surface area contributed by atoms with Crippen molar-refractivity contribution in [3.05, 3.63) is 54.0 Å². The van der Waals surface area contributed by atoms with Gasteiger partial charge in [0.05, 0.1) is 18.3 Å². The minimum atomic E-state index is -0.304. The van der Waals surface area contributed by atoms with Gasteiger partial charge in [0.1, 0.15) is 11.6 Å². The van der Waals surface area contributed by atoms with Crippen LogP contribution in [-0.2, 0) is 11.2 Å². The molecule has 5 nitrogen and oxygen atoms in total. The molecule has 1 aliphatic rings. The third-order valence-electron chi connectivity index (χ3n) is 4.48. The molecule has 0 spiro atoms. The minimum Gasteiger partial charge on any atom is -0.368 e. The van der Waals surface area contributed by atoms with Gasteiger partial charge in [-0.2, -0.15) is 0 Å². The van der Waals surface area contributed by atoms with Crippen molar-refractivity contribution >= 4 is 17.4 Å². The van der Waals surface area contributed by atoms with Crippen molar-refractivity contribution in [2.75, 3.05) is 42.9 Å². The van der Waals surface area contributed by atoms with E-state index in [1.807, 2.05) is 12.1 Å². The Labute approximate surface area is 147 Å². The number of pyridine rings is 1. The fourth-order valence-corrected chi connectivity index (χ4v) is 2.94. The van der Waals surface area contributed by atoms with Crippen LogP contribution in [0.25, 0.3) is 0 Å². The molecule has 1 saturated heterocycles. The van der Waals surface area contributed by atoms with E-state index >= 15 is 0 Å². The van der Waals surface area contributed by atoms with Gasteiger partial charge in [-0.05, 0) is 36.4 Å². The van der Waals surface area contributed by atoms with Crippen molar-refractivity contribution < 1.29 is 9.18 Å². The van der Waals surface area contributed by atoms with Crippen LogP contribution in [0, 0.1) is 5.82 Å². The molecule has 0 unspecified atom stereocenters. The van der Waals surface area contributed by atoms with Gasteiger partial charge in [0.15, 0.2) is 0 Å². The summed E-state index contributed by atoms with van der Waals surface area (Å²) in [6, 6.07) is 9.75. The Balaban J connectivity index is 1.53. The molecular formula is C19H23FN4O. The van der Waals surface area contributed by atoms with Crippen LogP contribution >= 0.6 is 0 Å². The monoisotopic (exact) mass is 342 g/mol. The predicted molar refractivity (Wildman–Crippen MR) is 97.3 cm³/mol. The second-order valence-corrected chi connectivity index (χ2v) is 6.17. The average Bonchev–Trinajstić information content (AvgIpc) is 2.64. The summed E-state index contributed by atoms with van der Waals surface area (Å²) < 4.78 is 12.9. The number of benzene rings is 1. The van der Waals surface area contributed by atoms with Crippen LogP contribution < -0.4 is 10.2 Å². The number of nitrogens with one attached hydrogen (secondary N) is 1. The lowest BCUT2D eigenvalue weighted by Crippen LogP contribution is -2.46. The lowest BCUT2D eigenvalue weighted by atomic mass is 10.1. The van der Waals surface area contributed by atoms with E-state index in [1.165, 1.54) is 12.1 Å². The fraction of sp³-hybridized carbons (Fsp3) is 0.368. The molecule has 0 saturated carbocycles. The Morgan fingerprint density at radius 2 is 1.84 bits per heavy atom. The van der Waals surface area contributed by atoms with E-state index in [1.54, 1.807) is 18.3 Å². The maximum absolute atomic E-state index is 12.9.